The van der Waals surface area contributed by atoms with Crippen LogP contribution in [0.15, 0.2) is 72.4 Å². The van der Waals surface area contributed by atoms with Gasteiger partial charge >= 0.3 is 0 Å². The Kier molecular flexibility index (Phi) is 8.41. The lowest BCUT2D eigenvalue weighted by atomic mass is 10.1. The van der Waals surface area contributed by atoms with Gasteiger partial charge in [-0.15, -0.1) is 0 Å². The van der Waals surface area contributed by atoms with Crippen LogP contribution >= 0.6 is 0 Å². The van der Waals surface area contributed by atoms with Crippen molar-refractivity contribution in [3.63, 3.8) is 0 Å². The summed E-state index contributed by atoms with van der Waals surface area (Å²) in [6.07, 6.45) is 4.62. The van der Waals surface area contributed by atoms with E-state index >= 15 is 0 Å². The molecule has 0 saturated heterocycles. The van der Waals surface area contributed by atoms with Gasteiger partial charge in [0.25, 0.3) is 11.8 Å². The molecule has 2 aromatic carbocycles. The van der Waals surface area contributed by atoms with E-state index in [9.17, 15) is 9.59 Å². The average molecular weight is 446 g/mol. The Hall–Kier alpha value is -3.87. The molecular weight excluding hydrogens is 414 g/mol. The lowest BCUT2D eigenvalue weighted by Gasteiger charge is -2.13. The first-order valence-electron chi connectivity index (χ1n) is 11.0. The standard InChI is InChI=1S/C26H31N5O2/c1-30(2)26-29-19-22(31(26)3)18-23(24(32)27-16-14-20-10-6-4-7-11-20)25(33)28-17-15-21-12-8-5-9-13-21/h4-13,18-19H,14-17H2,1-3H3,(H,27,32)(H,28,33). The van der Waals surface area contributed by atoms with E-state index < -0.39 is 11.8 Å². The smallest absolute Gasteiger partial charge is 0.256 e. The Balaban J connectivity index is 1.71. The monoisotopic (exact) mass is 445 g/mol. The maximum Gasteiger partial charge on any atom is 0.256 e. The van der Waals surface area contributed by atoms with Crippen molar-refractivity contribution < 1.29 is 9.59 Å². The van der Waals surface area contributed by atoms with Crippen LogP contribution in [-0.2, 0) is 29.5 Å². The molecule has 0 bridgehead atoms. The summed E-state index contributed by atoms with van der Waals surface area (Å²) < 4.78 is 1.84. The highest BCUT2D eigenvalue weighted by Crippen LogP contribution is 2.14. The predicted octanol–water partition coefficient (Wildman–Crippen LogP) is 2.59. The van der Waals surface area contributed by atoms with E-state index in [4.69, 9.17) is 0 Å². The molecule has 0 saturated carbocycles. The fraction of sp³-hybridized carbons (Fsp3) is 0.269. The summed E-state index contributed by atoms with van der Waals surface area (Å²) in [7, 11) is 5.64. The van der Waals surface area contributed by atoms with Crippen molar-refractivity contribution in [2.45, 2.75) is 12.8 Å². The van der Waals surface area contributed by atoms with Gasteiger partial charge in [0.1, 0.15) is 5.57 Å². The summed E-state index contributed by atoms with van der Waals surface area (Å²) >= 11 is 0. The normalized spacial score (nSPS) is 10.4. The van der Waals surface area contributed by atoms with Gasteiger partial charge in [0.15, 0.2) is 0 Å². The molecule has 0 aliphatic carbocycles. The first kappa shape index (κ1) is 23.8. The fourth-order valence-electron chi connectivity index (χ4n) is 3.46. The Bertz CT molecular complexity index is 1030. The number of rotatable bonds is 10. The van der Waals surface area contributed by atoms with Gasteiger partial charge in [0, 0.05) is 34.2 Å². The van der Waals surface area contributed by atoms with Crippen LogP contribution < -0.4 is 15.5 Å². The Morgan fingerprint density at radius 2 is 1.36 bits per heavy atom. The molecule has 0 spiro atoms. The minimum Gasteiger partial charge on any atom is -0.352 e. The van der Waals surface area contributed by atoms with Crippen LogP contribution in [0.5, 0.6) is 0 Å². The molecule has 33 heavy (non-hydrogen) atoms. The van der Waals surface area contributed by atoms with Gasteiger partial charge < -0.3 is 20.1 Å². The Morgan fingerprint density at radius 3 is 1.79 bits per heavy atom. The number of nitrogens with one attached hydrogen (secondary N) is 2. The molecule has 1 aromatic heterocycles. The molecule has 172 valence electrons. The van der Waals surface area contributed by atoms with E-state index in [1.165, 1.54) is 0 Å². The molecule has 7 heteroatoms. The molecule has 0 fully saturated rings. The van der Waals surface area contributed by atoms with Crippen molar-refractivity contribution in [3.8, 4) is 0 Å². The topological polar surface area (TPSA) is 79.3 Å². The molecule has 0 unspecified atom stereocenters. The molecule has 0 atom stereocenters. The summed E-state index contributed by atoms with van der Waals surface area (Å²) in [4.78, 5) is 32.2. The molecular formula is C26H31N5O2. The first-order valence-corrected chi connectivity index (χ1v) is 11.0. The molecule has 1 heterocycles. The van der Waals surface area contributed by atoms with Crippen LogP contribution in [0.3, 0.4) is 0 Å². The van der Waals surface area contributed by atoms with E-state index in [1.54, 1.807) is 12.3 Å². The third kappa shape index (κ3) is 6.80. The molecule has 3 aromatic rings. The van der Waals surface area contributed by atoms with E-state index in [1.807, 2.05) is 91.3 Å². The number of carbonyl (C=O) groups excluding carboxylic acids is 2. The molecule has 3 rings (SSSR count). The van der Waals surface area contributed by atoms with Gasteiger partial charge in [-0.05, 0) is 30.0 Å². The van der Waals surface area contributed by atoms with Crippen molar-refractivity contribution in [3.05, 3.63) is 89.3 Å². The largest absolute Gasteiger partial charge is 0.352 e. The minimum atomic E-state index is -0.407. The van der Waals surface area contributed by atoms with Crippen LogP contribution in [0.1, 0.15) is 16.8 Å². The maximum absolute atomic E-state index is 13.0. The second-order valence-electron chi connectivity index (χ2n) is 7.98. The number of carbonyl (C=O) groups is 2. The van der Waals surface area contributed by atoms with Crippen LogP contribution in [0.2, 0.25) is 0 Å². The van der Waals surface area contributed by atoms with Gasteiger partial charge in [-0.2, -0.15) is 0 Å². The van der Waals surface area contributed by atoms with Crippen molar-refractivity contribution in [2.75, 3.05) is 32.1 Å². The second kappa shape index (κ2) is 11.7. The highest BCUT2D eigenvalue weighted by molar-refractivity contribution is 6.21. The molecule has 0 radical (unpaired) electrons. The van der Waals surface area contributed by atoms with E-state index in [0.29, 0.717) is 31.6 Å². The van der Waals surface area contributed by atoms with E-state index in [0.717, 1.165) is 17.1 Å². The lowest BCUT2D eigenvalue weighted by Crippen LogP contribution is -2.36. The molecule has 0 aliphatic heterocycles. The molecule has 7 nitrogen and oxygen atoms in total. The van der Waals surface area contributed by atoms with Crippen molar-refractivity contribution in [1.29, 1.82) is 0 Å². The van der Waals surface area contributed by atoms with Crippen LogP contribution in [0, 0.1) is 0 Å². The number of nitrogens with zero attached hydrogens (tertiary/aromatic N) is 3. The highest BCUT2D eigenvalue weighted by atomic mass is 16.2. The van der Waals surface area contributed by atoms with Crippen molar-refractivity contribution >= 4 is 23.8 Å². The number of hydrogen-bond donors (Lipinski definition) is 2. The SMILES string of the molecule is CN(C)c1ncc(C=C(C(=O)NCCc2ccccc2)C(=O)NCCc2ccccc2)n1C. The number of aromatic nitrogens is 2. The summed E-state index contributed by atoms with van der Waals surface area (Å²) in [5, 5.41) is 5.76. The number of imidazole rings is 1. The lowest BCUT2D eigenvalue weighted by molar-refractivity contribution is -0.123. The van der Waals surface area contributed by atoms with Gasteiger partial charge in [0.2, 0.25) is 5.95 Å². The zero-order chi connectivity index (χ0) is 23.6. The Morgan fingerprint density at radius 1 is 0.879 bits per heavy atom. The zero-order valence-corrected chi connectivity index (χ0v) is 19.4. The van der Waals surface area contributed by atoms with Gasteiger partial charge in [-0.3, -0.25) is 9.59 Å². The number of benzene rings is 2. The number of amides is 2. The summed E-state index contributed by atoms with van der Waals surface area (Å²) in [6, 6.07) is 19.8. The zero-order valence-electron chi connectivity index (χ0n) is 19.4. The molecule has 0 aliphatic rings. The quantitative estimate of drug-likeness (QED) is 0.286. The molecule has 2 N–H and O–H groups in total. The summed E-state index contributed by atoms with van der Waals surface area (Å²) in [5.74, 6) is -0.0823. The number of hydrogen-bond acceptors (Lipinski definition) is 4. The maximum atomic E-state index is 13.0. The summed E-state index contributed by atoms with van der Waals surface area (Å²) in [6.45, 7) is 0.873. The van der Waals surface area contributed by atoms with Gasteiger partial charge in [-0.25, -0.2) is 4.98 Å². The van der Waals surface area contributed by atoms with E-state index in [2.05, 4.69) is 15.6 Å². The van der Waals surface area contributed by atoms with Crippen molar-refractivity contribution in [1.82, 2.24) is 20.2 Å². The van der Waals surface area contributed by atoms with Gasteiger partial charge in [0.05, 0.1) is 11.9 Å². The fourth-order valence-corrected chi connectivity index (χ4v) is 3.46. The third-order valence-corrected chi connectivity index (χ3v) is 5.27. The van der Waals surface area contributed by atoms with Crippen molar-refractivity contribution in [2.24, 2.45) is 7.05 Å². The molecule has 2 amide bonds. The van der Waals surface area contributed by atoms with E-state index in [-0.39, 0.29) is 5.57 Å². The van der Waals surface area contributed by atoms with Gasteiger partial charge in [-0.1, -0.05) is 60.7 Å². The highest BCUT2D eigenvalue weighted by Gasteiger charge is 2.19. The second-order valence-corrected chi connectivity index (χ2v) is 7.98. The van der Waals surface area contributed by atoms with Crippen LogP contribution in [0.4, 0.5) is 5.95 Å². The van der Waals surface area contributed by atoms with Crippen LogP contribution in [-0.4, -0.2) is 48.6 Å². The first-order chi connectivity index (χ1) is 16.0. The predicted molar refractivity (Wildman–Crippen MR) is 132 cm³/mol. The van der Waals surface area contributed by atoms with Crippen LogP contribution in [0.25, 0.3) is 6.08 Å². The average Bonchev–Trinajstić information content (AvgIpc) is 3.19. The Labute approximate surface area is 195 Å². The third-order valence-electron chi connectivity index (χ3n) is 5.27. The summed E-state index contributed by atoms with van der Waals surface area (Å²) in [5.41, 5.74) is 2.98. The minimum absolute atomic E-state index is 0.0597. The number of anilines is 1.